The molecule has 0 bridgehead atoms. The Morgan fingerprint density at radius 2 is 1.30 bits per heavy atom. The minimum absolute atomic E-state index is 0.0373. The van der Waals surface area contributed by atoms with Crippen LogP contribution in [0.15, 0.2) is 42.9 Å². The average Bonchev–Trinajstić information content (AvgIpc) is 3.50. The van der Waals surface area contributed by atoms with Crippen molar-refractivity contribution in [3.8, 4) is 0 Å². The standard InChI is InChI=1S/C29H40N6O9/c1-5-22(38)20(12-19-13-30-14-31-19)32-27(41)23(16(3)36)35-28(42)24(17(4)37)34-26(40)15(2)25(39)33-21(29(43)44)11-18-9-7-6-8-10-18/h6-10,13-17,20-21,23-24,36-37H,5,11-12H2,1-4H3,(H,30,31)(H,32,41)(H,33,39)(H,34,40)(H,35,42)(H,43,44)/t15?,16-,17-,20+,21+,23+,24+/m1/s1. The number of nitrogens with one attached hydrogen (secondary N) is 5. The van der Waals surface area contributed by atoms with Gasteiger partial charge in [-0.1, -0.05) is 37.3 Å². The van der Waals surface area contributed by atoms with Gasteiger partial charge in [-0.3, -0.25) is 24.0 Å². The summed E-state index contributed by atoms with van der Waals surface area (Å²) in [6, 6.07) is 2.98. The Kier molecular flexibility index (Phi) is 13.6. The van der Waals surface area contributed by atoms with Crippen molar-refractivity contribution in [2.24, 2.45) is 5.92 Å². The van der Waals surface area contributed by atoms with Crippen LogP contribution in [0, 0.1) is 5.92 Å². The van der Waals surface area contributed by atoms with Crippen molar-refractivity contribution in [1.29, 1.82) is 0 Å². The Morgan fingerprint density at radius 3 is 1.80 bits per heavy atom. The molecule has 1 unspecified atom stereocenters. The maximum Gasteiger partial charge on any atom is 0.326 e. The molecule has 0 aliphatic heterocycles. The Hall–Kier alpha value is -4.63. The zero-order valence-corrected chi connectivity index (χ0v) is 24.9. The van der Waals surface area contributed by atoms with E-state index >= 15 is 0 Å². The highest BCUT2D eigenvalue weighted by Gasteiger charge is 2.35. The lowest BCUT2D eigenvalue weighted by molar-refractivity contribution is -0.144. The number of aliphatic hydroxyl groups is 2. The molecule has 7 atom stereocenters. The minimum Gasteiger partial charge on any atom is -0.480 e. The summed E-state index contributed by atoms with van der Waals surface area (Å²) in [6.45, 7) is 5.23. The number of rotatable bonds is 17. The van der Waals surface area contributed by atoms with Gasteiger partial charge in [0.1, 0.15) is 24.0 Å². The smallest absolute Gasteiger partial charge is 0.326 e. The first kappa shape index (κ1) is 35.6. The van der Waals surface area contributed by atoms with Crippen LogP contribution in [0.25, 0.3) is 0 Å². The fourth-order valence-corrected chi connectivity index (χ4v) is 4.17. The summed E-state index contributed by atoms with van der Waals surface area (Å²) in [6.07, 6.45) is 0.0875. The quantitative estimate of drug-likeness (QED) is 0.0967. The molecule has 15 nitrogen and oxygen atoms in total. The van der Waals surface area contributed by atoms with Crippen LogP contribution in [0.2, 0.25) is 0 Å². The Labute approximate surface area is 254 Å². The number of carbonyl (C=O) groups is 6. The van der Waals surface area contributed by atoms with Crippen molar-refractivity contribution in [2.75, 3.05) is 0 Å². The summed E-state index contributed by atoms with van der Waals surface area (Å²) in [4.78, 5) is 82.7. The SMILES string of the molecule is CCC(=O)[C@H](Cc1cnc[nH]1)NC(=O)[C@@H](NC(=O)[C@@H](NC(=O)C(C)C(=O)N[C@@H](Cc1ccccc1)C(=O)O)[C@@H](C)O)[C@@H](C)O. The number of aromatic amines is 1. The number of imidazole rings is 1. The number of benzene rings is 1. The monoisotopic (exact) mass is 616 g/mol. The van der Waals surface area contributed by atoms with Crippen LogP contribution in [0.4, 0.5) is 0 Å². The lowest BCUT2D eigenvalue weighted by Crippen LogP contribution is -2.61. The number of aliphatic carboxylic acids is 1. The van der Waals surface area contributed by atoms with Crippen molar-refractivity contribution in [3.63, 3.8) is 0 Å². The predicted octanol–water partition coefficient (Wildman–Crippen LogP) is -1.40. The molecule has 240 valence electrons. The third-order valence-corrected chi connectivity index (χ3v) is 6.84. The zero-order chi connectivity index (χ0) is 33.0. The van der Waals surface area contributed by atoms with Gasteiger partial charge in [0.2, 0.25) is 23.6 Å². The van der Waals surface area contributed by atoms with Gasteiger partial charge in [0.05, 0.1) is 24.6 Å². The number of Topliss-reactive ketones (excluding diaryl/α,β-unsaturated/α-hetero) is 1. The zero-order valence-electron chi connectivity index (χ0n) is 24.9. The number of nitrogens with zero attached hydrogens (tertiary/aromatic N) is 1. The molecule has 0 fully saturated rings. The maximum absolute atomic E-state index is 13.1. The number of carboxylic acid groups (broad SMARTS) is 1. The highest BCUT2D eigenvalue weighted by atomic mass is 16.4. The molecule has 0 saturated heterocycles. The van der Waals surface area contributed by atoms with Crippen LogP contribution < -0.4 is 21.3 Å². The fourth-order valence-electron chi connectivity index (χ4n) is 4.17. The summed E-state index contributed by atoms with van der Waals surface area (Å²) in [5.74, 6) is -6.97. The van der Waals surface area contributed by atoms with E-state index < -0.39 is 71.9 Å². The van der Waals surface area contributed by atoms with Gasteiger partial charge in [-0.25, -0.2) is 9.78 Å². The van der Waals surface area contributed by atoms with Gasteiger partial charge in [0.15, 0.2) is 5.78 Å². The normalized spacial score (nSPS) is 15.8. The van der Waals surface area contributed by atoms with Gasteiger partial charge in [-0.05, 0) is 26.3 Å². The van der Waals surface area contributed by atoms with Gasteiger partial charge in [0, 0.05) is 31.2 Å². The van der Waals surface area contributed by atoms with Crippen LogP contribution >= 0.6 is 0 Å². The number of carboxylic acids is 1. The van der Waals surface area contributed by atoms with Crippen molar-refractivity contribution < 1.29 is 44.1 Å². The van der Waals surface area contributed by atoms with Crippen LogP contribution in [-0.2, 0) is 41.6 Å². The fraction of sp³-hybridized carbons (Fsp3) is 0.483. The molecular formula is C29H40N6O9. The number of hydrogen-bond donors (Lipinski definition) is 8. The van der Waals surface area contributed by atoms with E-state index in [1.54, 1.807) is 37.3 Å². The minimum atomic E-state index is -1.66. The number of amides is 4. The molecule has 1 heterocycles. The van der Waals surface area contributed by atoms with E-state index in [0.29, 0.717) is 11.3 Å². The molecule has 15 heteroatoms. The van der Waals surface area contributed by atoms with E-state index in [1.807, 2.05) is 0 Å². The Bertz CT molecular complexity index is 1280. The third kappa shape index (κ3) is 10.6. The predicted molar refractivity (Wildman–Crippen MR) is 156 cm³/mol. The van der Waals surface area contributed by atoms with Crippen LogP contribution in [-0.4, -0.2) is 97.0 Å². The number of ketones is 1. The van der Waals surface area contributed by atoms with E-state index in [2.05, 4.69) is 31.2 Å². The van der Waals surface area contributed by atoms with Crippen molar-refractivity contribution >= 4 is 35.4 Å². The van der Waals surface area contributed by atoms with E-state index in [9.17, 15) is 44.1 Å². The third-order valence-electron chi connectivity index (χ3n) is 6.84. The largest absolute Gasteiger partial charge is 0.480 e. The van der Waals surface area contributed by atoms with E-state index in [1.165, 1.54) is 33.3 Å². The molecule has 2 aromatic rings. The molecule has 0 aliphatic carbocycles. The van der Waals surface area contributed by atoms with E-state index in [-0.39, 0.29) is 25.0 Å². The molecule has 8 N–H and O–H groups in total. The first-order chi connectivity index (χ1) is 20.7. The second-order valence-electron chi connectivity index (χ2n) is 10.4. The summed E-state index contributed by atoms with van der Waals surface area (Å²) >= 11 is 0. The van der Waals surface area contributed by atoms with E-state index in [4.69, 9.17) is 0 Å². The molecule has 1 aromatic heterocycles. The Balaban J connectivity index is 2.09. The lowest BCUT2D eigenvalue weighted by atomic mass is 10.0. The molecule has 2 rings (SSSR count). The second-order valence-corrected chi connectivity index (χ2v) is 10.4. The molecule has 1 aromatic carbocycles. The molecule has 0 spiro atoms. The highest BCUT2D eigenvalue weighted by molar-refractivity contribution is 6.03. The number of aliphatic hydroxyl groups excluding tert-OH is 2. The first-order valence-corrected chi connectivity index (χ1v) is 14.1. The maximum atomic E-state index is 13.1. The summed E-state index contributed by atoms with van der Waals surface area (Å²) in [5.41, 5.74) is 1.21. The average molecular weight is 617 g/mol. The summed E-state index contributed by atoms with van der Waals surface area (Å²) < 4.78 is 0. The number of aromatic nitrogens is 2. The van der Waals surface area contributed by atoms with Gasteiger partial charge < -0.3 is 41.6 Å². The molecular weight excluding hydrogens is 576 g/mol. The first-order valence-electron chi connectivity index (χ1n) is 14.1. The van der Waals surface area contributed by atoms with E-state index in [0.717, 1.165) is 0 Å². The van der Waals surface area contributed by atoms with Crippen LogP contribution in [0.1, 0.15) is 45.4 Å². The molecule has 0 saturated carbocycles. The van der Waals surface area contributed by atoms with Crippen molar-refractivity contribution in [3.05, 3.63) is 54.1 Å². The van der Waals surface area contributed by atoms with Crippen LogP contribution in [0.5, 0.6) is 0 Å². The molecule has 4 amide bonds. The number of hydrogen-bond acceptors (Lipinski definition) is 9. The van der Waals surface area contributed by atoms with Gasteiger partial charge in [-0.15, -0.1) is 0 Å². The van der Waals surface area contributed by atoms with Crippen LogP contribution in [0.3, 0.4) is 0 Å². The van der Waals surface area contributed by atoms with Gasteiger partial charge in [-0.2, -0.15) is 0 Å². The Morgan fingerprint density at radius 1 is 0.773 bits per heavy atom. The second kappa shape index (κ2) is 16.9. The summed E-state index contributed by atoms with van der Waals surface area (Å²) in [5, 5.41) is 39.4. The topological polar surface area (TPSA) is 240 Å². The number of carbonyl (C=O) groups excluding carboxylic acids is 5. The molecule has 0 aliphatic rings. The number of H-pyrrole nitrogens is 1. The summed E-state index contributed by atoms with van der Waals surface area (Å²) in [7, 11) is 0. The highest BCUT2D eigenvalue weighted by Crippen LogP contribution is 2.08. The molecule has 0 radical (unpaired) electrons. The van der Waals surface area contributed by atoms with Crippen molar-refractivity contribution in [1.82, 2.24) is 31.2 Å². The van der Waals surface area contributed by atoms with Gasteiger partial charge in [0.25, 0.3) is 0 Å². The lowest BCUT2D eigenvalue weighted by Gasteiger charge is -2.28. The van der Waals surface area contributed by atoms with Gasteiger partial charge >= 0.3 is 5.97 Å². The van der Waals surface area contributed by atoms with Crippen molar-refractivity contribution in [2.45, 2.75) is 83.3 Å². The molecule has 44 heavy (non-hydrogen) atoms.